The second-order valence-corrected chi connectivity index (χ2v) is 6.07. The molecule has 21 heavy (non-hydrogen) atoms. The highest BCUT2D eigenvalue weighted by molar-refractivity contribution is 8.00. The number of hydrogen-bond donors (Lipinski definition) is 0. The van der Waals surface area contributed by atoms with E-state index in [2.05, 4.69) is 0 Å². The average molecular weight is 312 g/mol. The molecule has 0 atom stereocenters. The molecule has 1 aromatic rings. The Morgan fingerprint density at radius 2 is 2.14 bits per heavy atom. The third-order valence-corrected chi connectivity index (χ3v) is 4.60. The largest absolute Gasteiger partial charge is 0.323 e. The molecular formula is C14H14F2N2O2S. The van der Waals surface area contributed by atoms with E-state index in [1.807, 2.05) is 0 Å². The van der Waals surface area contributed by atoms with Gasteiger partial charge in [-0.15, -0.1) is 11.8 Å². The lowest BCUT2D eigenvalue weighted by molar-refractivity contribution is -0.131. The van der Waals surface area contributed by atoms with Gasteiger partial charge in [-0.1, -0.05) is 0 Å². The molecule has 0 N–H and O–H groups in total. The van der Waals surface area contributed by atoms with Crippen LogP contribution in [0.25, 0.3) is 0 Å². The first-order valence-electron chi connectivity index (χ1n) is 6.70. The highest BCUT2D eigenvalue weighted by Crippen LogP contribution is 2.31. The summed E-state index contributed by atoms with van der Waals surface area (Å²) in [6.07, 6.45) is 1.20. The Morgan fingerprint density at radius 1 is 1.33 bits per heavy atom. The van der Waals surface area contributed by atoms with Crippen LogP contribution in [-0.2, 0) is 16.0 Å². The molecule has 2 amide bonds. The Hall–Kier alpha value is -1.63. The summed E-state index contributed by atoms with van der Waals surface area (Å²) in [5.41, 5.74) is 0.668. The number of nitrogens with zero attached hydrogens (tertiary/aromatic N) is 2. The van der Waals surface area contributed by atoms with Gasteiger partial charge in [0.2, 0.25) is 11.8 Å². The second-order valence-electron chi connectivity index (χ2n) is 5.11. The number of aryl methyl sites for hydroxylation is 1. The maximum Gasteiger partial charge on any atom is 0.246 e. The quantitative estimate of drug-likeness (QED) is 0.836. The van der Waals surface area contributed by atoms with Crippen LogP contribution >= 0.6 is 11.8 Å². The predicted molar refractivity (Wildman–Crippen MR) is 76.1 cm³/mol. The van der Waals surface area contributed by atoms with Crippen LogP contribution in [-0.4, -0.2) is 41.4 Å². The van der Waals surface area contributed by atoms with Crippen LogP contribution in [0.15, 0.2) is 12.1 Å². The average Bonchev–Trinajstić information content (AvgIpc) is 2.83. The van der Waals surface area contributed by atoms with Crippen molar-refractivity contribution < 1.29 is 18.4 Å². The molecule has 0 bridgehead atoms. The zero-order chi connectivity index (χ0) is 15.0. The molecule has 0 aromatic heterocycles. The Kier molecular flexibility index (Phi) is 3.84. The minimum absolute atomic E-state index is 0.0535. The molecule has 2 aliphatic rings. The number of carbonyl (C=O) groups is 2. The molecule has 7 heteroatoms. The Morgan fingerprint density at radius 3 is 2.86 bits per heavy atom. The first-order valence-corrected chi connectivity index (χ1v) is 7.85. The van der Waals surface area contributed by atoms with Crippen molar-refractivity contribution in [3.05, 3.63) is 29.3 Å². The first-order chi connectivity index (χ1) is 10.1. The third-order valence-electron chi connectivity index (χ3n) is 3.66. The summed E-state index contributed by atoms with van der Waals surface area (Å²) < 4.78 is 27.3. The van der Waals surface area contributed by atoms with E-state index in [1.165, 1.54) is 27.6 Å². The van der Waals surface area contributed by atoms with Gasteiger partial charge < -0.3 is 9.80 Å². The second kappa shape index (κ2) is 5.63. The number of rotatable bonds is 2. The maximum atomic E-state index is 14.0. The summed E-state index contributed by atoms with van der Waals surface area (Å²) in [6.45, 7) is 0.339. The summed E-state index contributed by atoms with van der Waals surface area (Å²) in [5, 5.41) is 0. The zero-order valence-electron chi connectivity index (χ0n) is 11.3. The van der Waals surface area contributed by atoms with Crippen molar-refractivity contribution in [2.75, 3.05) is 29.6 Å². The number of carbonyl (C=O) groups excluding carboxylic acids is 2. The number of amides is 2. The molecule has 0 saturated carbocycles. The van der Waals surface area contributed by atoms with Gasteiger partial charge in [0, 0.05) is 12.6 Å². The van der Waals surface area contributed by atoms with Gasteiger partial charge in [0.15, 0.2) is 0 Å². The van der Waals surface area contributed by atoms with Gasteiger partial charge in [-0.05, 0) is 24.5 Å². The molecule has 3 rings (SSSR count). The van der Waals surface area contributed by atoms with Crippen LogP contribution in [0.1, 0.15) is 12.0 Å². The zero-order valence-corrected chi connectivity index (χ0v) is 12.1. The highest BCUT2D eigenvalue weighted by atomic mass is 32.2. The lowest BCUT2D eigenvalue weighted by atomic mass is 10.0. The molecular weight excluding hydrogens is 298 g/mol. The molecule has 0 radical (unpaired) electrons. The van der Waals surface area contributed by atoms with Crippen molar-refractivity contribution in [3.8, 4) is 0 Å². The van der Waals surface area contributed by atoms with E-state index in [0.29, 0.717) is 36.6 Å². The predicted octanol–water partition coefficient (Wildman–Crippen LogP) is 1.78. The van der Waals surface area contributed by atoms with E-state index in [9.17, 15) is 18.4 Å². The molecule has 0 spiro atoms. The lowest BCUT2D eigenvalue weighted by Crippen LogP contribution is -2.43. The highest BCUT2D eigenvalue weighted by Gasteiger charge is 2.30. The minimum atomic E-state index is -0.722. The number of fused-ring (bicyclic) bond motifs is 1. The lowest BCUT2D eigenvalue weighted by Gasteiger charge is -2.31. The van der Waals surface area contributed by atoms with Gasteiger partial charge in [-0.2, -0.15) is 0 Å². The molecule has 2 heterocycles. The number of benzene rings is 1. The summed E-state index contributed by atoms with van der Waals surface area (Å²) >= 11 is 1.45. The summed E-state index contributed by atoms with van der Waals surface area (Å²) in [5.74, 6) is -0.894. The number of anilines is 1. The summed E-state index contributed by atoms with van der Waals surface area (Å²) in [6, 6.07) is 2.07. The van der Waals surface area contributed by atoms with Gasteiger partial charge in [0.25, 0.3) is 0 Å². The van der Waals surface area contributed by atoms with Crippen molar-refractivity contribution >= 4 is 29.3 Å². The fraction of sp³-hybridized carbons (Fsp3) is 0.429. The molecule has 2 aliphatic heterocycles. The Labute approximate surface area is 125 Å². The summed E-state index contributed by atoms with van der Waals surface area (Å²) in [7, 11) is 0. The van der Waals surface area contributed by atoms with Crippen LogP contribution in [0.2, 0.25) is 0 Å². The maximum absolute atomic E-state index is 14.0. The van der Waals surface area contributed by atoms with Gasteiger partial charge in [0.05, 0.1) is 17.3 Å². The van der Waals surface area contributed by atoms with Gasteiger partial charge in [-0.25, -0.2) is 8.78 Å². The molecule has 1 aromatic carbocycles. The number of halogens is 2. The Balaban J connectivity index is 1.84. The summed E-state index contributed by atoms with van der Waals surface area (Å²) in [4.78, 5) is 26.7. The Bertz CT molecular complexity index is 609. The monoisotopic (exact) mass is 312 g/mol. The molecule has 0 unspecified atom stereocenters. The SMILES string of the molecule is O=C1CSCN1CC(=O)N1CCCc2cc(F)cc(F)c21. The van der Waals surface area contributed by atoms with Gasteiger partial charge in [-0.3, -0.25) is 9.59 Å². The van der Waals surface area contributed by atoms with E-state index in [-0.39, 0.29) is 24.0 Å². The fourth-order valence-electron chi connectivity index (χ4n) is 2.69. The van der Waals surface area contributed by atoms with Gasteiger partial charge >= 0.3 is 0 Å². The van der Waals surface area contributed by atoms with E-state index in [4.69, 9.17) is 0 Å². The van der Waals surface area contributed by atoms with Crippen LogP contribution in [0, 0.1) is 11.6 Å². The van der Waals surface area contributed by atoms with E-state index in [0.717, 1.165) is 6.07 Å². The van der Waals surface area contributed by atoms with Crippen molar-refractivity contribution in [2.24, 2.45) is 0 Å². The van der Waals surface area contributed by atoms with Crippen molar-refractivity contribution in [2.45, 2.75) is 12.8 Å². The molecule has 4 nitrogen and oxygen atoms in total. The topological polar surface area (TPSA) is 40.6 Å². The normalized spacial score (nSPS) is 18.1. The standard InChI is InChI=1S/C14H14F2N2O2S/c15-10-4-9-2-1-3-18(14(9)11(16)5-10)12(19)6-17-8-21-7-13(17)20/h4-5H,1-3,6-8H2. The fourth-order valence-corrected chi connectivity index (χ4v) is 3.59. The van der Waals surface area contributed by atoms with Crippen molar-refractivity contribution in [1.82, 2.24) is 4.90 Å². The van der Waals surface area contributed by atoms with E-state index in [1.54, 1.807) is 0 Å². The van der Waals surface area contributed by atoms with Crippen molar-refractivity contribution in [1.29, 1.82) is 0 Å². The molecule has 112 valence electrons. The molecule has 1 fully saturated rings. The number of thioether (sulfide) groups is 1. The smallest absolute Gasteiger partial charge is 0.246 e. The number of hydrogen-bond acceptors (Lipinski definition) is 3. The van der Waals surface area contributed by atoms with Crippen LogP contribution < -0.4 is 4.90 Å². The van der Waals surface area contributed by atoms with Crippen LogP contribution in [0.5, 0.6) is 0 Å². The molecule has 0 aliphatic carbocycles. The van der Waals surface area contributed by atoms with Gasteiger partial charge in [0.1, 0.15) is 18.2 Å². The third kappa shape index (κ3) is 2.74. The minimum Gasteiger partial charge on any atom is -0.323 e. The van der Waals surface area contributed by atoms with E-state index < -0.39 is 11.6 Å². The van der Waals surface area contributed by atoms with Crippen molar-refractivity contribution in [3.63, 3.8) is 0 Å². The first kappa shape index (κ1) is 14.3. The van der Waals surface area contributed by atoms with Crippen LogP contribution in [0.4, 0.5) is 14.5 Å². The van der Waals surface area contributed by atoms with E-state index >= 15 is 0 Å². The molecule has 1 saturated heterocycles. The van der Waals surface area contributed by atoms with Crippen LogP contribution in [0.3, 0.4) is 0 Å².